The molecular formula is C27H35N3O6. The van der Waals surface area contributed by atoms with Crippen LogP contribution in [0.5, 0.6) is 17.2 Å². The second-order valence-electron chi connectivity index (χ2n) is 8.43. The van der Waals surface area contributed by atoms with Gasteiger partial charge in [0.15, 0.2) is 11.5 Å². The van der Waals surface area contributed by atoms with Gasteiger partial charge in [0.25, 0.3) is 11.8 Å². The number of carbonyl (C=O) groups excluding carboxylic acids is 3. The zero-order valence-electron chi connectivity index (χ0n) is 21.4. The Labute approximate surface area is 212 Å². The Bertz CT molecular complexity index is 1050. The summed E-state index contributed by atoms with van der Waals surface area (Å²) >= 11 is 0. The lowest BCUT2D eigenvalue weighted by Gasteiger charge is -2.31. The van der Waals surface area contributed by atoms with E-state index in [2.05, 4.69) is 10.9 Å². The maximum Gasteiger partial charge on any atom is 0.269 e. The first kappa shape index (κ1) is 26.8. The predicted octanol–water partition coefficient (Wildman–Crippen LogP) is 3.50. The van der Waals surface area contributed by atoms with Crippen LogP contribution in [0.3, 0.4) is 0 Å². The number of aryl methyl sites for hydroxylation is 1. The summed E-state index contributed by atoms with van der Waals surface area (Å²) in [5.41, 5.74) is 6.89. The normalized spacial score (nSPS) is 13.6. The minimum atomic E-state index is -0.500. The molecule has 1 aliphatic rings. The second-order valence-corrected chi connectivity index (χ2v) is 8.43. The van der Waals surface area contributed by atoms with Crippen molar-refractivity contribution in [1.29, 1.82) is 0 Å². The van der Waals surface area contributed by atoms with Crippen molar-refractivity contribution in [3.63, 3.8) is 0 Å². The molecule has 1 aliphatic heterocycles. The van der Waals surface area contributed by atoms with Crippen molar-refractivity contribution in [1.82, 2.24) is 15.8 Å². The molecule has 194 valence electrons. The van der Waals surface area contributed by atoms with Gasteiger partial charge in [-0.25, -0.2) is 0 Å². The summed E-state index contributed by atoms with van der Waals surface area (Å²) < 4.78 is 17.0. The first-order valence-corrected chi connectivity index (χ1v) is 12.4. The smallest absolute Gasteiger partial charge is 0.269 e. The van der Waals surface area contributed by atoms with Crippen LogP contribution in [-0.2, 0) is 4.79 Å². The number of nitrogens with zero attached hydrogens (tertiary/aromatic N) is 1. The third-order valence-corrected chi connectivity index (χ3v) is 6.00. The molecule has 36 heavy (non-hydrogen) atoms. The number of piperidine rings is 1. The fourth-order valence-electron chi connectivity index (χ4n) is 4.14. The Kier molecular flexibility index (Phi) is 9.55. The van der Waals surface area contributed by atoms with Crippen LogP contribution in [0.15, 0.2) is 36.4 Å². The molecule has 1 heterocycles. The number of amides is 3. The van der Waals surface area contributed by atoms with Crippen molar-refractivity contribution >= 4 is 17.7 Å². The largest absolute Gasteiger partial charge is 0.490 e. The van der Waals surface area contributed by atoms with Crippen molar-refractivity contribution in [3.8, 4) is 17.2 Å². The summed E-state index contributed by atoms with van der Waals surface area (Å²) in [7, 11) is 0. The van der Waals surface area contributed by atoms with Crippen molar-refractivity contribution in [2.24, 2.45) is 5.92 Å². The first-order chi connectivity index (χ1) is 17.4. The molecule has 0 aliphatic carbocycles. The molecule has 1 saturated heterocycles. The van der Waals surface area contributed by atoms with Gasteiger partial charge in [-0.15, -0.1) is 0 Å². The van der Waals surface area contributed by atoms with E-state index < -0.39 is 5.91 Å². The molecule has 0 unspecified atom stereocenters. The molecule has 2 aromatic carbocycles. The fraction of sp³-hybridized carbons (Fsp3) is 0.444. The van der Waals surface area contributed by atoms with Crippen molar-refractivity contribution in [2.75, 3.05) is 32.9 Å². The minimum Gasteiger partial charge on any atom is -0.490 e. The highest BCUT2D eigenvalue weighted by Crippen LogP contribution is 2.39. The second kappa shape index (κ2) is 12.8. The Hall–Kier alpha value is -3.75. The average molecular weight is 498 g/mol. The molecule has 3 amide bonds. The Morgan fingerprint density at radius 2 is 1.47 bits per heavy atom. The number of hydrogen-bond donors (Lipinski definition) is 2. The number of carbonyl (C=O) groups is 3. The van der Waals surface area contributed by atoms with Crippen LogP contribution in [0, 0.1) is 12.8 Å². The molecule has 2 N–H and O–H groups in total. The molecule has 3 rings (SSSR count). The molecule has 0 radical (unpaired) electrons. The zero-order valence-corrected chi connectivity index (χ0v) is 21.4. The number of nitrogens with one attached hydrogen (secondary N) is 2. The van der Waals surface area contributed by atoms with E-state index in [1.54, 1.807) is 17.0 Å². The van der Waals surface area contributed by atoms with Crippen molar-refractivity contribution < 1.29 is 28.6 Å². The summed E-state index contributed by atoms with van der Waals surface area (Å²) in [5.74, 6) is 0.122. The third kappa shape index (κ3) is 6.47. The molecule has 9 heteroatoms. The zero-order chi connectivity index (χ0) is 26.1. The van der Waals surface area contributed by atoms with Gasteiger partial charge in [0.1, 0.15) is 0 Å². The molecule has 0 bridgehead atoms. The minimum absolute atomic E-state index is 0.0223. The van der Waals surface area contributed by atoms with E-state index in [0.717, 1.165) is 5.56 Å². The van der Waals surface area contributed by atoms with E-state index in [0.29, 0.717) is 68.6 Å². The third-order valence-electron chi connectivity index (χ3n) is 6.00. The molecule has 0 aromatic heterocycles. The van der Waals surface area contributed by atoms with Gasteiger partial charge < -0.3 is 19.1 Å². The van der Waals surface area contributed by atoms with Crippen LogP contribution in [0.2, 0.25) is 0 Å². The Morgan fingerprint density at radius 1 is 0.889 bits per heavy atom. The van der Waals surface area contributed by atoms with Gasteiger partial charge in [-0.1, -0.05) is 18.2 Å². The fourth-order valence-corrected chi connectivity index (χ4v) is 4.14. The van der Waals surface area contributed by atoms with E-state index in [1.807, 2.05) is 52.0 Å². The first-order valence-electron chi connectivity index (χ1n) is 12.4. The van der Waals surface area contributed by atoms with E-state index in [9.17, 15) is 14.4 Å². The van der Waals surface area contributed by atoms with Gasteiger partial charge in [-0.05, 0) is 64.3 Å². The summed E-state index contributed by atoms with van der Waals surface area (Å²) in [6.45, 7) is 9.58. The summed E-state index contributed by atoms with van der Waals surface area (Å²) in [5, 5.41) is 0. The van der Waals surface area contributed by atoms with Gasteiger partial charge in [-0.2, -0.15) is 0 Å². The van der Waals surface area contributed by atoms with Crippen LogP contribution < -0.4 is 25.1 Å². The van der Waals surface area contributed by atoms with E-state index in [1.165, 1.54) is 0 Å². The molecule has 1 fully saturated rings. The molecule has 9 nitrogen and oxygen atoms in total. The maximum atomic E-state index is 12.8. The number of hydrazine groups is 1. The van der Waals surface area contributed by atoms with Gasteiger partial charge >= 0.3 is 0 Å². The topological polar surface area (TPSA) is 106 Å². The summed E-state index contributed by atoms with van der Waals surface area (Å²) in [6.07, 6.45) is 1.04. The highest BCUT2D eigenvalue weighted by molar-refractivity contribution is 5.97. The van der Waals surface area contributed by atoms with Crippen molar-refractivity contribution in [2.45, 2.75) is 40.5 Å². The van der Waals surface area contributed by atoms with E-state index >= 15 is 0 Å². The Balaban J connectivity index is 1.59. The SMILES string of the molecule is CCOc1cc(C(=O)NNC(=O)C2CCN(C(=O)c3ccccc3C)CC2)cc(OCC)c1OCC. The van der Waals surface area contributed by atoms with Gasteiger partial charge in [0, 0.05) is 30.1 Å². The molecular weight excluding hydrogens is 462 g/mol. The lowest BCUT2D eigenvalue weighted by Crippen LogP contribution is -2.48. The lowest BCUT2D eigenvalue weighted by atomic mass is 9.95. The summed E-state index contributed by atoms with van der Waals surface area (Å²) in [4.78, 5) is 40.1. The van der Waals surface area contributed by atoms with Crippen LogP contribution in [0.25, 0.3) is 0 Å². The maximum absolute atomic E-state index is 12.8. The van der Waals surface area contributed by atoms with Crippen LogP contribution in [0.1, 0.15) is 59.9 Å². The molecule has 0 spiro atoms. The molecule has 0 atom stereocenters. The van der Waals surface area contributed by atoms with Crippen molar-refractivity contribution in [3.05, 3.63) is 53.1 Å². The van der Waals surface area contributed by atoms with Gasteiger partial charge in [0.2, 0.25) is 11.7 Å². The lowest BCUT2D eigenvalue weighted by molar-refractivity contribution is -0.127. The quantitative estimate of drug-likeness (QED) is 0.514. The van der Waals surface area contributed by atoms with E-state index in [4.69, 9.17) is 14.2 Å². The van der Waals surface area contributed by atoms with Crippen LogP contribution in [0.4, 0.5) is 0 Å². The molecule has 2 aromatic rings. The van der Waals surface area contributed by atoms with Gasteiger partial charge in [-0.3, -0.25) is 25.2 Å². The predicted molar refractivity (Wildman–Crippen MR) is 135 cm³/mol. The summed E-state index contributed by atoms with van der Waals surface area (Å²) in [6, 6.07) is 10.6. The molecule has 0 saturated carbocycles. The number of ether oxygens (including phenoxy) is 3. The monoisotopic (exact) mass is 497 g/mol. The highest BCUT2D eigenvalue weighted by Gasteiger charge is 2.28. The van der Waals surface area contributed by atoms with Crippen LogP contribution in [-0.4, -0.2) is 55.5 Å². The highest BCUT2D eigenvalue weighted by atomic mass is 16.5. The van der Waals surface area contributed by atoms with Gasteiger partial charge in [0.05, 0.1) is 19.8 Å². The number of rotatable bonds is 9. The number of likely N-dealkylation sites (tertiary alicyclic amines) is 1. The average Bonchev–Trinajstić information content (AvgIpc) is 2.89. The number of hydrogen-bond acceptors (Lipinski definition) is 6. The standard InChI is InChI=1S/C27H35N3O6/c1-5-34-22-16-20(17-23(35-6-2)24(22)36-7-3)26(32)29-28-25(31)19-12-14-30(15-13-19)27(33)21-11-9-8-10-18(21)4/h8-11,16-17,19H,5-7,12-15H2,1-4H3,(H,28,31)(H,29,32). The Morgan fingerprint density at radius 3 is 2.03 bits per heavy atom. The number of benzene rings is 2. The van der Waals surface area contributed by atoms with E-state index in [-0.39, 0.29) is 23.3 Å². The van der Waals surface area contributed by atoms with Crippen LogP contribution >= 0.6 is 0 Å².